The van der Waals surface area contributed by atoms with Gasteiger partial charge in [-0.2, -0.15) is 0 Å². The van der Waals surface area contributed by atoms with E-state index in [-0.39, 0.29) is 0 Å². The van der Waals surface area contributed by atoms with Gasteiger partial charge in [-0.1, -0.05) is 18.2 Å². The number of pyridine rings is 1. The minimum atomic E-state index is 0.609. The zero-order valence-electron chi connectivity index (χ0n) is 13.2. The van der Waals surface area contributed by atoms with Gasteiger partial charge in [-0.3, -0.25) is 10.4 Å². The molecule has 3 rings (SSSR count). The Morgan fingerprint density at radius 3 is 2.68 bits per heavy atom. The molecule has 1 fully saturated rings. The highest BCUT2D eigenvalue weighted by molar-refractivity contribution is 5.92. The van der Waals surface area contributed by atoms with E-state index in [4.69, 9.17) is 5.41 Å². The number of rotatable bonds is 2. The summed E-state index contributed by atoms with van der Waals surface area (Å²) in [5.74, 6) is 0.609. The maximum absolute atomic E-state index is 8.02. The topological polar surface area (TPSA) is 43.2 Å². The molecule has 22 heavy (non-hydrogen) atoms. The Balaban J connectivity index is 1.81. The predicted molar refractivity (Wildman–Crippen MR) is 92.8 cm³/mol. The van der Waals surface area contributed by atoms with E-state index in [9.17, 15) is 0 Å². The minimum absolute atomic E-state index is 0.609. The van der Waals surface area contributed by atoms with Gasteiger partial charge in [0.15, 0.2) is 0 Å². The fourth-order valence-corrected chi connectivity index (χ4v) is 2.97. The lowest BCUT2D eigenvalue weighted by Crippen LogP contribution is -2.48. The normalized spacial score (nSPS) is 15.7. The molecule has 0 unspecified atom stereocenters. The summed E-state index contributed by atoms with van der Waals surface area (Å²) in [4.78, 5) is 9.02. The average Bonchev–Trinajstić information content (AvgIpc) is 2.54. The largest absolute Gasteiger partial charge is 0.367 e. The summed E-state index contributed by atoms with van der Waals surface area (Å²) in [5.41, 5.74) is 3.55. The van der Waals surface area contributed by atoms with Crippen molar-refractivity contribution in [2.24, 2.45) is 0 Å². The van der Waals surface area contributed by atoms with Gasteiger partial charge in [0, 0.05) is 43.4 Å². The fraction of sp³-hybridized carbons (Fsp3) is 0.333. The summed E-state index contributed by atoms with van der Waals surface area (Å²) in [6, 6.07) is 8.55. The SMILES string of the molecule is C/C=C\C(=N)N1CCN(c2ccnc3cc(C)ccc23)CC1. The molecular formula is C18H22N4. The molecule has 0 amide bonds. The first-order valence-corrected chi connectivity index (χ1v) is 7.75. The van der Waals surface area contributed by atoms with Crippen LogP contribution in [0.4, 0.5) is 5.69 Å². The molecule has 1 aliphatic rings. The van der Waals surface area contributed by atoms with Crippen LogP contribution in [0.3, 0.4) is 0 Å². The molecule has 0 atom stereocenters. The fourth-order valence-electron chi connectivity index (χ4n) is 2.97. The Hall–Kier alpha value is -2.36. The summed E-state index contributed by atoms with van der Waals surface area (Å²) in [5, 5.41) is 9.23. The standard InChI is InChI=1S/C18H22N4/c1-3-4-18(19)22-11-9-21(10-12-22)17-7-8-20-16-13-14(2)5-6-15(16)17/h3-8,13,19H,9-12H2,1-2H3/b4-3-,19-18?. The highest BCUT2D eigenvalue weighted by Crippen LogP contribution is 2.26. The molecule has 0 aliphatic carbocycles. The van der Waals surface area contributed by atoms with Crippen molar-refractivity contribution >= 4 is 22.4 Å². The molecule has 0 saturated carbocycles. The first kappa shape index (κ1) is 14.6. The number of anilines is 1. The molecule has 0 bridgehead atoms. The van der Waals surface area contributed by atoms with Gasteiger partial charge in [-0.05, 0) is 37.6 Å². The molecule has 2 aromatic rings. The zero-order chi connectivity index (χ0) is 15.5. The lowest BCUT2D eigenvalue weighted by molar-refractivity contribution is 0.386. The molecule has 1 aromatic carbocycles. The monoisotopic (exact) mass is 294 g/mol. The van der Waals surface area contributed by atoms with E-state index >= 15 is 0 Å². The summed E-state index contributed by atoms with van der Waals surface area (Å²) in [6.45, 7) is 7.70. The van der Waals surface area contributed by atoms with E-state index in [1.54, 1.807) is 0 Å². The lowest BCUT2D eigenvalue weighted by Gasteiger charge is -2.37. The molecule has 4 nitrogen and oxygen atoms in total. The van der Waals surface area contributed by atoms with Gasteiger partial charge in [-0.25, -0.2) is 0 Å². The van der Waals surface area contributed by atoms with Gasteiger partial charge >= 0.3 is 0 Å². The van der Waals surface area contributed by atoms with Crippen molar-refractivity contribution < 1.29 is 0 Å². The number of hydrogen-bond acceptors (Lipinski definition) is 3. The highest BCUT2D eigenvalue weighted by Gasteiger charge is 2.19. The average molecular weight is 294 g/mol. The first-order chi connectivity index (χ1) is 10.7. The quantitative estimate of drug-likeness (QED) is 0.683. The van der Waals surface area contributed by atoms with Crippen LogP contribution in [-0.4, -0.2) is 41.9 Å². The molecule has 0 spiro atoms. The molecular weight excluding hydrogens is 272 g/mol. The smallest absolute Gasteiger partial charge is 0.120 e. The van der Waals surface area contributed by atoms with Crippen molar-refractivity contribution in [3.8, 4) is 0 Å². The van der Waals surface area contributed by atoms with Crippen molar-refractivity contribution in [3.05, 3.63) is 48.2 Å². The van der Waals surface area contributed by atoms with Gasteiger partial charge in [0.05, 0.1) is 5.52 Å². The Bertz CT molecular complexity index is 712. The van der Waals surface area contributed by atoms with Crippen LogP contribution in [0.1, 0.15) is 12.5 Å². The van der Waals surface area contributed by atoms with E-state index in [0.717, 1.165) is 31.7 Å². The van der Waals surface area contributed by atoms with Crippen LogP contribution in [0.25, 0.3) is 10.9 Å². The van der Waals surface area contributed by atoms with Gasteiger partial charge in [-0.15, -0.1) is 0 Å². The van der Waals surface area contributed by atoms with E-state index in [0.29, 0.717) is 5.84 Å². The summed E-state index contributed by atoms with van der Waals surface area (Å²) in [7, 11) is 0. The van der Waals surface area contributed by atoms with Crippen molar-refractivity contribution in [1.29, 1.82) is 5.41 Å². The van der Waals surface area contributed by atoms with Crippen LogP contribution in [0, 0.1) is 12.3 Å². The first-order valence-electron chi connectivity index (χ1n) is 7.75. The van der Waals surface area contributed by atoms with Gasteiger partial charge in [0.25, 0.3) is 0 Å². The molecule has 1 aliphatic heterocycles. The second kappa shape index (κ2) is 6.18. The maximum Gasteiger partial charge on any atom is 0.120 e. The van der Waals surface area contributed by atoms with Crippen molar-refractivity contribution in [2.45, 2.75) is 13.8 Å². The Labute approximate surface area is 131 Å². The number of piperazine rings is 1. The number of fused-ring (bicyclic) bond motifs is 1. The van der Waals surface area contributed by atoms with E-state index < -0.39 is 0 Å². The number of nitrogens with zero attached hydrogens (tertiary/aromatic N) is 3. The number of hydrogen-bond donors (Lipinski definition) is 1. The number of benzene rings is 1. The molecule has 1 aromatic heterocycles. The van der Waals surface area contributed by atoms with Crippen LogP contribution >= 0.6 is 0 Å². The summed E-state index contributed by atoms with van der Waals surface area (Å²) in [6.07, 6.45) is 5.68. The maximum atomic E-state index is 8.02. The Kier molecular flexibility index (Phi) is 4.09. The molecule has 2 heterocycles. The van der Waals surface area contributed by atoms with Crippen LogP contribution in [0.5, 0.6) is 0 Å². The summed E-state index contributed by atoms with van der Waals surface area (Å²) < 4.78 is 0. The van der Waals surface area contributed by atoms with E-state index in [1.807, 2.05) is 25.3 Å². The number of allylic oxidation sites excluding steroid dienone is 1. The van der Waals surface area contributed by atoms with Gasteiger partial charge in [0.1, 0.15) is 5.84 Å². The Morgan fingerprint density at radius 1 is 1.18 bits per heavy atom. The molecule has 1 N–H and O–H groups in total. The second-order valence-corrected chi connectivity index (χ2v) is 5.71. The summed E-state index contributed by atoms with van der Waals surface area (Å²) >= 11 is 0. The van der Waals surface area contributed by atoms with Crippen LogP contribution in [0.2, 0.25) is 0 Å². The second-order valence-electron chi connectivity index (χ2n) is 5.71. The number of aryl methyl sites for hydroxylation is 1. The molecule has 4 heteroatoms. The third kappa shape index (κ3) is 2.82. The predicted octanol–water partition coefficient (Wildman–Crippen LogP) is 3.22. The molecule has 114 valence electrons. The van der Waals surface area contributed by atoms with Crippen molar-refractivity contribution in [1.82, 2.24) is 9.88 Å². The minimum Gasteiger partial charge on any atom is -0.367 e. The van der Waals surface area contributed by atoms with Crippen LogP contribution < -0.4 is 4.90 Å². The third-order valence-electron chi connectivity index (χ3n) is 4.16. The van der Waals surface area contributed by atoms with Crippen molar-refractivity contribution in [2.75, 3.05) is 31.1 Å². The third-order valence-corrected chi connectivity index (χ3v) is 4.16. The van der Waals surface area contributed by atoms with E-state index in [2.05, 4.69) is 46.0 Å². The lowest BCUT2D eigenvalue weighted by atomic mass is 10.1. The van der Waals surface area contributed by atoms with Crippen molar-refractivity contribution in [3.63, 3.8) is 0 Å². The van der Waals surface area contributed by atoms with Crippen LogP contribution in [0.15, 0.2) is 42.6 Å². The zero-order valence-corrected chi connectivity index (χ0v) is 13.2. The van der Waals surface area contributed by atoms with E-state index in [1.165, 1.54) is 16.6 Å². The number of amidine groups is 1. The number of aromatic nitrogens is 1. The van der Waals surface area contributed by atoms with Gasteiger partial charge in [0.2, 0.25) is 0 Å². The van der Waals surface area contributed by atoms with Crippen LogP contribution in [-0.2, 0) is 0 Å². The molecule has 0 radical (unpaired) electrons. The highest BCUT2D eigenvalue weighted by atomic mass is 15.3. The Morgan fingerprint density at radius 2 is 1.95 bits per heavy atom. The molecule has 1 saturated heterocycles. The van der Waals surface area contributed by atoms with Gasteiger partial charge < -0.3 is 9.80 Å². The number of nitrogens with one attached hydrogen (secondary N) is 1.